The molecule has 134 valence electrons. The third-order valence-electron chi connectivity index (χ3n) is 4.59. The van der Waals surface area contributed by atoms with Crippen molar-refractivity contribution < 1.29 is 13.2 Å². The minimum atomic E-state index is -3.18. The van der Waals surface area contributed by atoms with Gasteiger partial charge in [0.2, 0.25) is 16.0 Å². The quantitative estimate of drug-likeness (QED) is 0.828. The predicted molar refractivity (Wildman–Crippen MR) is 92.7 cm³/mol. The molecule has 1 aromatic rings. The van der Waals surface area contributed by atoms with Gasteiger partial charge < -0.3 is 9.64 Å². The Hall–Kier alpha value is -1.25. The molecule has 2 aliphatic heterocycles. The van der Waals surface area contributed by atoms with E-state index >= 15 is 0 Å². The maximum Gasteiger partial charge on any atom is 0.225 e. The van der Waals surface area contributed by atoms with Crippen LogP contribution in [0.4, 0.5) is 5.95 Å². The fourth-order valence-electron chi connectivity index (χ4n) is 3.35. The summed E-state index contributed by atoms with van der Waals surface area (Å²) in [6.45, 7) is 4.84. The second-order valence-corrected chi connectivity index (χ2v) is 8.41. The van der Waals surface area contributed by atoms with Crippen LogP contribution in [0, 0.1) is 0 Å². The Labute approximate surface area is 143 Å². The molecule has 0 amide bonds. The number of nitrogens with one attached hydrogen (secondary N) is 1. The van der Waals surface area contributed by atoms with Crippen molar-refractivity contribution in [3.05, 3.63) is 18.0 Å². The van der Waals surface area contributed by atoms with Crippen LogP contribution in [0.5, 0.6) is 0 Å². The molecule has 0 aliphatic carbocycles. The van der Waals surface area contributed by atoms with Gasteiger partial charge in [-0.1, -0.05) is 6.92 Å². The minimum absolute atomic E-state index is 0.0584. The van der Waals surface area contributed by atoms with E-state index in [1.165, 1.54) is 0 Å². The molecular formula is C16H26N4O3S. The molecule has 24 heavy (non-hydrogen) atoms. The summed E-state index contributed by atoms with van der Waals surface area (Å²) in [5, 5.41) is 0. The summed E-state index contributed by atoms with van der Waals surface area (Å²) in [6.07, 6.45) is 5.21. The van der Waals surface area contributed by atoms with Crippen molar-refractivity contribution in [2.45, 2.75) is 44.6 Å². The van der Waals surface area contributed by atoms with Crippen molar-refractivity contribution >= 4 is 16.0 Å². The summed E-state index contributed by atoms with van der Waals surface area (Å²) >= 11 is 0. The van der Waals surface area contributed by atoms with Gasteiger partial charge in [0.05, 0.1) is 5.75 Å². The number of ether oxygens (including phenoxy) is 1. The zero-order valence-electron chi connectivity index (χ0n) is 14.1. The summed E-state index contributed by atoms with van der Waals surface area (Å²) in [5.74, 6) is 1.32. The lowest BCUT2D eigenvalue weighted by Crippen LogP contribution is -2.38. The van der Waals surface area contributed by atoms with Crippen molar-refractivity contribution in [1.29, 1.82) is 0 Å². The highest BCUT2D eigenvalue weighted by molar-refractivity contribution is 7.89. The van der Waals surface area contributed by atoms with Crippen molar-refractivity contribution in [3.8, 4) is 0 Å². The Balaban J connectivity index is 1.63. The number of anilines is 1. The summed E-state index contributed by atoms with van der Waals surface area (Å²) < 4.78 is 32.0. The van der Waals surface area contributed by atoms with Crippen LogP contribution in [0.3, 0.4) is 0 Å². The predicted octanol–water partition coefficient (Wildman–Crippen LogP) is 1.28. The van der Waals surface area contributed by atoms with E-state index in [1.807, 2.05) is 19.2 Å². The van der Waals surface area contributed by atoms with E-state index in [2.05, 4.69) is 14.6 Å². The molecule has 0 bridgehead atoms. The van der Waals surface area contributed by atoms with E-state index in [4.69, 9.17) is 9.72 Å². The lowest BCUT2D eigenvalue weighted by Gasteiger charge is -2.23. The molecule has 2 aliphatic rings. The molecule has 1 aromatic heterocycles. The van der Waals surface area contributed by atoms with E-state index in [1.54, 1.807) is 0 Å². The smallest absolute Gasteiger partial charge is 0.225 e. The van der Waals surface area contributed by atoms with Gasteiger partial charge in [0.15, 0.2) is 0 Å². The van der Waals surface area contributed by atoms with Gasteiger partial charge in [-0.25, -0.2) is 23.1 Å². The average molecular weight is 354 g/mol. The molecule has 7 nitrogen and oxygen atoms in total. The van der Waals surface area contributed by atoms with Crippen LogP contribution >= 0.6 is 0 Å². The number of rotatable bonds is 6. The Morgan fingerprint density at radius 2 is 2.12 bits per heavy atom. The van der Waals surface area contributed by atoms with Crippen LogP contribution in [0.2, 0.25) is 0 Å². The van der Waals surface area contributed by atoms with Crippen molar-refractivity contribution in [2.24, 2.45) is 0 Å². The summed E-state index contributed by atoms with van der Waals surface area (Å²) in [5.41, 5.74) is 1.07. The fraction of sp³-hybridized carbons (Fsp3) is 0.750. The molecular weight excluding hydrogens is 328 g/mol. The van der Waals surface area contributed by atoms with Crippen LogP contribution in [-0.2, 0) is 14.8 Å². The number of sulfonamides is 1. The minimum Gasteiger partial charge on any atom is -0.381 e. The monoisotopic (exact) mass is 354 g/mol. The summed E-state index contributed by atoms with van der Waals surface area (Å²) in [7, 11) is -3.18. The van der Waals surface area contributed by atoms with E-state index in [9.17, 15) is 8.42 Å². The van der Waals surface area contributed by atoms with Gasteiger partial charge >= 0.3 is 0 Å². The number of hydrogen-bond donors (Lipinski definition) is 1. The first-order chi connectivity index (χ1) is 11.6. The number of nitrogens with zero attached hydrogens (tertiary/aromatic N) is 3. The Kier molecular flexibility index (Phi) is 5.68. The second kappa shape index (κ2) is 7.76. The first-order valence-corrected chi connectivity index (χ1v) is 10.4. The van der Waals surface area contributed by atoms with Gasteiger partial charge in [-0.05, 0) is 31.7 Å². The molecule has 2 saturated heterocycles. The van der Waals surface area contributed by atoms with Gasteiger partial charge in [0.1, 0.15) is 0 Å². The topological polar surface area (TPSA) is 84.4 Å². The maximum atomic E-state index is 11.9. The normalized spacial score (nSPS) is 22.9. The van der Waals surface area contributed by atoms with Crippen molar-refractivity contribution in [1.82, 2.24) is 14.7 Å². The van der Waals surface area contributed by atoms with E-state index in [-0.39, 0.29) is 11.8 Å². The lowest BCUT2D eigenvalue weighted by molar-refractivity contribution is 0.0845. The molecule has 8 heteroatoms. The van der Waals surface area contributed by atoms with Gasteiger partial charge in [-0.3, -0.25) is 0 Å². The molecule has 1 unspecified atom stereocenters. The van der Waals surface area contributed by atoms with Crippen LogP contribution in [-0.4, -0.2) is 56.5 Å². The van der Waals surface area contributed by atoms with Gasteiger partial charge in [0, 0.05) is 50.2 Å². The molecule has 0 saturated carbocycles. The zero-order chi connectivity index (χ0) is 17.0. The van der Waals surface area contributed by atoms with E-state index in [0.717, 1.165) is 44.7 Å². The van der Waals surface area contributed by atoms with Crippen LogP contribution in [0.25, 0.3) is 0 Å². The van der Waals surface area contributed by atoms with Gasteiger partial charge in [-0.15, -0.1) is 0 Å². The van der Waals surface area contributed by atoms with E-state index in [0.29, 0.717) is 24.8 Å². The molecule has 1 atom stereocenters. The van der Waals surface area contributed by atoms with E-state index < -0.39 is 10.0 Å². The summed E-state index contributed by atoms with van der Waals surface area (Å²) in [4.78, 5) is 11.2. The van der Waals surface area contributed by atoms with Crippen molar-refractivity contribution in [2.75, 3.05) is 37.0 Å². The van der Waals surface area contributed by atoms with Gasteiger partial charge in [-0.2, -0.15) is 0 Å². The summed E-state index contributed by atoms with van der Waals surface area (Å²) in [6, 6.07) is 1.92. The van der Waals surface area contributed by atoms with Crippen LogP contribution in [0.15, 0.2) is 12.3 Å². The van der Waals surface area contributed by atoms with Crippen molar-refractivity contribution in [3.63, 3.8) is 0 Å². The van der Waals surface area contributed by atoms with Gasteiger partial charge in [0.25, 0.3) is 0 Å². The molecule has 3 rings (SSSR count). The Bertz CT molecular complexity index is 646. The molecule has 2 fully saturated rings. The first kappa shape index (κ1) is 17.6. The zero-order valence-corrected chi connectivity index (χ0v) is 15.0. The molecule has 0 radical (unpaired) electrons. The highest BCUT2D eigenvalue weighted by atomic mass is 32.2. The fourth-order valence-corrected chi connectivity index (χ4v) is 4.71. The SMILES string of the molecule is CCCS(=O)(=O)NC1CCN(c2nccc(C3CCOCC3)n2)C1. The molecule has 0 spiro atoms. The highest BCUT2D eigenvalue weighted by Crippen LogP contribution is 2.26. The Morgan fingerprint density at radius 3 is 2.88 bits per heavy atom. The standard InChI is InChI=1S/C16H26N4O3S/c1-2-11-24(21,22)19-14-4-8-20(12-14)16-17-7-3-15(18-16)13-5-9-23-10-6-13/h3,7,13-14,19H,2,4-6,8-12H2,1H3. The molecule has 0 aromatic carbocycles. The van der Waals surface area contributed by atoms with Crippen LogP contribution in [0.1, 0.15) is 44.2 Å². The lowest BCUT2D eigenvalue weighted by atomic mass is 9.96. The Morgan fingerprint density at radius 1 is 1.33 bits per heavy atom. The molecule has 1 N–H and O–H groups in total. The highest BCUT2D eigenvalue weighted by Gasteiger charge is 2.28. The maximum absolute atomic E-state index is 11.9. The number of aromatic nitrogens is 2. The third-order valence-corrected chi connectivity index (χ3v) is 6.23. The van der Waals surface area contributed by atoms with Crippen LogP contribution < -0.4 is 9.62 Å². The molecule has 3 heterocycles. The second-order valence-electron chi connectivity index (χ2n) is 6.54. The average Bonchev–Trinajstić information content (AvgIpc) is 3.03. The largest absolute Gasteiger partial charge is 0.381 e. The first-order valence-electron chi connectivity index (χ1n) is 8.73. The third kappa shape index (κ3) is 4.43. The number of hydrogen-bond acceptors (Lipinski definition) is 6.